The van der Waals surface area contributed by atoms with Crippen LogP contribution in [0.25, 0.3) is 0 Å². The Balaban J connectivity index is 2.02. The number of amides is 2. The van der Waals surface area contributed by atoms with E-state index in [2.05, 4.69) is 15.8 Å². The molecule has 0 bridgehead atoms. The lowest BCUT2D eigenvalue weighted by molar-refractivity contribution is -0.123. The molecule has 0 aliphatic rings. The van der Waals surface area contributed by atoms with Crippen LogP contribution in [0.5, 0.6) is 5.75 Å². The smallest absolute Gasteiger partial charge is 0.262 e. The summed E-state index contributed by atoms with van der Waals surface area (Å²) in [6.07, 6.45) is 1.51. The molecule has 2 N–H and O–H groups in total. The Hall–Kier alpha value is -2.57. The zero-order valence-corrected chi connectivity index (χ0v) is 17.2. The summed E-state index contributed by atoms with van der Waals surface area (Å²) < 4.78 is 5.09. The van der Waals surface area contributed by atoms with E-state index in [9.17, 15) is 9.59 Å². The third-order valence-electron chi connectivity index (χ3n) is 3.92. The minimum absolute atomic E-state index is 0.161. The number of ether oxygens (including phenoxy) is 1. The predicted molar refractivity (Wildman–Crippen MR) is 111 cm³/mol. The number of methoxy groups -OCH3 is 1. The van der Waals surface area contributed by atoms with Crippen molar-refractivity contribution >= 4 is 41.2 Å². The number of carbonyl (C=O) groups excluding carboxylic acids is 2. The predicted octanol–water partition coefficient (Wildman–Crippen LogP) is 3.91. The zero-order chi connectivity index (χ0) is 20.7. The van der Waals surface area contributed by atoms with Gasteiger partial charge in [0.25, 0.3) is 11.8 Å². The largest absolute Gasteiger partial charge is 0.497 e. The van der Waals surface area contributed by atoms with Crippen molar-refractivity contribution in [3.8, 4) is 5.75 Å². The number of nitrogens with zero attached hydrogens (tertiary/aromatic N) is 1. The van der Waals surface area contributed by atoms with E-state index < -0.39 is 17.9 Å². The van der Waals surface area contributed by atoms with Gasteiger partial charge in [-0.2, -0.15) is 5.10 Å². The highest BCUT2D eigenvalue weighted by molar-refractivity contribution is 6.36. The first kappa shape index (κ1) is 21.7. The molecule has 2 rings (SSSR count). The third-order valence-corrected chi connectivity index (χ3v) is 4.46. The van der Waals surface area contributed by atoms with Crippen molar-refractivity contribution in [1.29, 1.82) is 0 Å². The molecule has 0 radical (unpaired) electrons. The fourth-order valence-corrected chi connectivity index (χ4v) is 2.85. The average molecular weight is 422 g/mol. The van der Waals surface area contributed by atoms with E-state index in [-0.39, 0.29) is 16.5 Å². The normalized spacial score (nSPS) is 12.1. The van der Waals surface area contributed by atoms with Crippen molar-refractivity contribution in [1.82, 2.24) is 10.7 Å². The van der Waals surface area contributed by atoms with Crippen molar-refractivity contribution in [2.45, 2.75) is 19.9 Å². The fraction of sp³-hybridized carbons (Fsp3) is 0.250. The van der Waals surface area contributed by atoms with Crippen LogP contribution in [-0.4, -0.2) is 31.2 Å². The molecule has 0 aromatic heterocycles. The maximum Gasteiger partial charge on any atom is 0.262 e. The first-order valence-electron chi connectivity index (χ1n) is 8.54. The molecule has 0 aliphatic carbocycles. The number of rotatable bonds is 7. The minimum Gasteiger partial charge on any atom is -0.497 e. The Morgan fingerprint density at radius 3 is 2.36 bits per heavy atom. The van der Waals surface area contributed by atoms with Crippen LogP contribution in [0.3, 0.4) is 0 Å². The highest BCUT2D eigenvalue weighted by atomic mass is 35.5. The van der Waals surface area contributed by atoms with Gasteiger partial charge in [-0.05, 0) is 53.9 Å². The second-order valence-electron chi connectivity index (χ2n) is 6.33. The maximum absolute atomic E-state index is 12.5. The first-order valence-corrected chi connectivity index (χ1v) is 9.30. The van der Waals surface area contributed by atoms with Gasteiger partial charge in [0.05, 0.1) is 23.9 Å². The summed E-state index contributed by atoms with van der Waals surface area (Å²) in [7, 11) is 1.58. The molecule has 8 heteroatoms. The molecule has 2 amide bonds. The molecule has 0 saturated heterocycles. The number of benzene rings is 2. The summed E-state index contributed by atoms with van der Waals surface area (Å²) in [6.45, 7) is 3.64. The number of halogens is 2. The fourth-order valence-electron chi connectivity index (χ4n) is 2.36. The van der Waals surface area contributed by atoms with Gasteiger partial charge in [-0.25, -0.2) is 5.43 Å². The van der Waals surface area contributed by atoms with E-state index in [1.54, 1.807) is 37.4 Å². The summed E-state index contributed by atoms with van der Waals surface area (Å²) in [5.74, 6) is -0.330. The van der Waals surface area contributed by atoms with Crippen molar-refractivity contribution in [2.75, 3.05) is 7.11 Å². The number of hydrazone groups is 1. The van der Waals surface area contributed by atoms with Gasteiger partial charge in [0.15, 0.2) is 0 Å². The summed E-state index contributed by atoms with van der Waals surface area (Å²) in [4.78, 5) is 25.0. The van der Waals surface area contributed by atoms with E-state index >= 15 is 0 Å². The van der Waals surface area contributed by atoms with Gasteiger partial charge in [0.2, 0.25) is 0 Å². The van der Waals surface area contributed by atoms with Crippen molar-refractivity contribution in [2.24, 2.45) is 11.0 Å². The summed E-state index contributed by atoms with van der Waals surface area (Å²) >= 11 is 11.9. The van der Waals surface area contributed by atoms with Gasteiger partial charge in [-0.1, -0.05) is 37.0 Å². The lowest BCUT2D eigenvalue weighted by atomic mass is 10.0. The molecule has 28 heavy (non-hydrogen) atoms. The van der Waals surface area contributed by atoms with Gasteiger partial charge >= 0.3 is 0 Å². The second kappa shape index (κ2) is 10.1. The van der Waals surface area contributed by atoms with Crippen LogP contribution >= 0.6 is 23.2 Å². The molecule has 0 spiro atoms. The second-order valence-corrected chi connectivity index (χ2v) is 7.17. The molecule has 0 aliphatic heterocycles. The highest BCUT2D eigenvalue weighted by Crippen LogP contribution is 2.21. The van der Waals surface area contributed by atoms with Crippen LogP contribution in [0.4, 0.5) is 0 Å². The molecule has 6 nitrogen and oxygen atoms in total. The van der Waals surface area contributed by atoms with E-state index in [0.29, 0.717) is 5.02 Å². The SMILES string of the molecule is COc1ccc(/C=N/NC(=O)C(NC(=O)c2ccc(Cl)cc2Cl)C(C)C)cc1. The molecule has 2 aromatic rings. The summed E-state index contributed by atoms with van der Waals surface area (Å²) in [5, 5.41) is 7.27. The Kier molecular flexibility index (Phi) is 7.84. The van der Waals surface area contributed by atoms with Crippen LogP contribution in [0.15, 0.2) is 47.6 Å². The molecule has 0 fully saturated rings. The van der Waals surface area contributed by atoms with Crippen molar-refractivity contribution in [3.63, 3.8) is 0 Å². The molecule has 0 saturated carbocycles. The van der Waals surface area contributed by atoms with Crippen LogP contribution in [-0.2, 0) is 4.79 Å². The lowest BCUT2D eigenvalue weighted by Gasteiger charge is -2.20. The van der Waals surface area contributed by atoms with E-state index in [4.69, 9.17) is 27.9 Å². The Labute approximate surface area is 173 Å². The summed E-state index contributed by atoms with van der Waals surface area (Å²) in [5.41, 5.74) is 3.48. The van der Waals surface area contributed by atoms with E-state index in [0.717, 1.165) is 11.3 Å². The Bertz CT molecular complexity index is 867. The molecule has 2 aromatic carbocycles. The third kappa shape index (κ3) is 5.97. The van der Waals surface area contributed by atoms with Crippen LogP contribution < -0.4 is 15.5 Å². The number of hydrogen-bond donors (Lipinski definition) is 2. The average Bonchev–Trinajstić information content (AvgIpc) is 2.66. The quantitative estimate of drug-likeness (QED) is 0.525. The van der Waals surface area contributed by atoms with Crippen LogP contribution in [0, 0.1) is 5.92 Å². The highest BCUT2D eigenvalue weighted by Gasteiger charge is 2.25. The number of hydrogen-bond acceptors (Lipinski definition) is 4. The molecular weight excluding hydrogens is 401 g/mol. The van der Waals surface area contributed by atoms with E-state index in [1.807, 2.05) is 13.8 Å². The lowest BCUT2D eigenvalue weighted by Crippen LogP contribution is -2.48. The number of nitrogens with one attached hydrogen (secondary N) is 2. The molecular formula is C20H21Cl2N3O3. The summed E-state index contributed by atoms with van der Waals surface area (Å²) in [6, 6.07) is 10.9. The van der Waals surface area contributed by atoms with Gasteiger partial charge in [-0.3, -0.25) is 9.59 Å². The van der Waals surface area contributed by atoms with E-state index in [1.165, 1.54) is 18.3 Å². The van der Waals surface area contributed by atoms with Crippen molar-refractivity contribution < 1.29 is 14.3 Å². The molecule has 148 valence electrons. The van der Waals surface area contributed by atoms with Crippen LogP contribution in [0.2, 0.25) is 10.0 Å². The maximum atomic E-state index is 12.5. The zero-order valence-electron chi connectivity index (χ0n) is 15.7. The van der Waals surface area contributed by atoms with Gasteiger partial charge in [0.1, 0.15) is 11.8 Å². The first-order chi connectivity index (χ1) is 13.3. The molecule has 0 heterocycles. The van der Waals surface area contributed by atoms with Crippen molar-refractivity contribution in [3.05, 3.63) is 63.6 Å². The van der Waals surface area contributed by atoms with Gasteiger partial charge in [-0.15, -0.1) is 0 Å². The number of carbonyl (C=O) groups is 2. The Morgan fingerprint density at radius 1 is 1.11 bits per heavy atom. The monoisotopic (exact) mass is 421 g/mol. The molecule has 1 unspecified atom stereocenters. The topological polar surface area (TPSA) is 79.8 Å². The van der Waals surface area contributed by atoms with Gasteiger partial charge < -0.3 is 10.1 Å². The molecule has 1 atom stereocenters. The standard InChI is InChI=1S/C20H21Cl2N3O3/c1-12(2)18(24-19(26)16-9-6-14(21)10-17(16)22)20(27)25-23-11-13-4-7-15(28-3)8-5-13/h4-12,18H,1-3H3,(H,24,26)(H,25,27)/b23-11+. The minimum atomic E-state index is -0.785. The Morgan fingerprint density at radius 2 is 1.79 bits per heavy atom. The van der Waals surface area contributed by atoms with Crippen LogP contribution in [0.1, 0.15) is 29.8 Å². The van der Waals surface area contributed by atoms with Gasteiger partial charge in [0, 0.05) is 5.02 Å².